The summed E-state index contributed by atoms with van der Waals surface area (Å²) in [5.41, 5.74) is -0.107. The third-order valence-electron chi connectivity index (χ3n) is 3.90. The Morgan fingerprint density at radius 3 is 2.10 bits per heavy atom. The predicted octanol–water partition coefficient (Wildman–Crippen LogP) is 6.24. The highest BCUT2D eigenvalue weighted by atomic mass is 79.9. The van der Waals surface area contributed by atoms with Crippen molar-refractivity contribution >= 4 is 41.7 Å². The van der Waals surface area contributed by atoms with Crippen LogP contribution in [0.3, 0.4) is 0 Å². The van der Waals surface area contributed by atoms with Crippen molar-refractivity contribution in [2.75, 3.05) is 0 Å². The van der Waals surface area contributed by atoms with Crippen molar-refractivity contribution in [2.45, 2.75) is 28.7 Å². The van der Waals surface area contributed by atoms with Crippen LogP contribution in [0, 0.1) is 11.3 Å². The quantitative estimate of drug-likeness (QED) is 0.392. The summed E-state index contributed by atoms with van der Waals surface area (Å²) in [4.78, 5) is -1.42. The summed E-state index contributed by atoms with van der Waals surface area (Å²) in [6, 6.07) is 9.01. The molecule has 0 amide bonds. The standard InChI is InChI=1S/C17H8Br2F7NO2S/c18-11-6-13(19)12(5-9-2-1-3-10(4-9)8-27)14(7-11)30(28,29)17(25,26)15(20,21)16(22,23)24/h1-4,6-7H,5H2. The van der Waals surface area contributed by atoms with Gasteiger partial charge in [0, 0.05) is 8.95 Å². The van der Waals surface area contributed by atoms with Crippen LogP contribution in [0.2, 0.25) is 0 Å². The second kappa shape index (κ2) is 8.12. The van der Waals surface area contributed by atoms with E-state index in [0.717, 1.165) is 0 Å². The average molecular weight is 583 g/mol. The normalized spacial score (nSPS) is 13.2. The van der Waals surface area contributed by atoms with Gasteiger partial charge in [-0.15, -0.1) is 0 Å². The molecule has 0 saturated carbocycles. The highest BCUT2D eigenvalue weighted by Gasteiger charge is 2.78. The molecule has 0 unspecified atom stereocenters. The maximum atomic E-state index is 14.1. The number of hydrogen-bond acceptors (Lipinski definition) is 3. The third-order valence-corrected chi connectivity index (χ3v) is 6.94. The number of benzene rings is 2. The van der Waals surface area contributed by atoms with Gasteiger partial charge in [0.15, 0.2) is 0 Å². The van der Waals surface area contributed by atoms with Crippen LogP contribution < -0.4 is 0 Å². The molecule has 2 aromatic rings. The van der Waals surface area contributed by atoms with Gasteiger partial charge in [0.05, 0.1) is 16.5 Å². The number of alkyl halides is 7. The number of nitriles is 1. The van der Waals surface area contributed by atoms with Gasteiger partial charge in [-0.2, -0.15) is 36.0 Å². The lowest BCUT2D eigenvalue weighted by atomic mass is 10.0. The van der Waals surface area contributed by atoms with Gasteiger partial charge in [-0.05, 0) is 41.8 Å². The molecule has 2 aromatic carbocycles. The molecule has 0 aliphatic carbocycles. The molecule has 30 heavy (non-hydrogen) atoms. The summed E-state index contributed by atoms with van der Waals surface area (Å²) in [5.74, 6) is -6.84. The van der Waals surface area contributed by atoms with E-state index in [9.17, 15) is 39.2 Å². The second-order valence-corrected chi connectivity index (χ2v) is 9.68. The van der Waals surface area contributed by atoms with Gasteiger partial charge < -0.3 is 0 Å². The minimum atomic E-state index is -6.84. The molecule has 2 rings (SSSR count). The maximum absolute atomic E-state index is 14.1. The summed E-state index contributed by atoms with van der Waals surface area (Å²) < 4.78 is 117. The first-order valence-electron chi connectivity index (χ1n) is 7.60. The molecular formula is C17H8Br2F7NO2S. The van der Waals surface area contributed by atoms with Gasteiger partial charge in [-0.3, -0.25) is 0 Å². The van der Waals surface area contributed by atoms with E-state index in [-0.39, 0.29) is 20.1 Å². The van der Waals surface area contributed by atoms with Gasteiger partial charge in [0.2, 0.25) is 0 Å². The molecule has 0 aliphatic heterocycles. The first kappa shape index (κ1) is 24.6. The molecular weight excluding hydrogens is 575 g/mol. The smallest absolute Gasteiger partial charge is 0.217 e. The Bertz CT molecular complexity index is 1130. The summed E-state index contributed by atoms with van der Waals surface area (Å²) in [7, 11) is -6.52. The SMILES string of the molecule is N#Cc1cccc(Cc2c(Br)cc(Br)cc2S(=O)(=O)C(F)(F)C(F)(F)C(F)(F)F)c1. The van der Waals surface area contributed by atoms with Crippen molar-refractivity contribution < 1.29 is 39.2 Å². The summed E-state index contributed by atoms with van der Waals surface area (Å²) >= 11 is 5.74. The molecule has 0 atom stereocenters. The molecule has 0 N–H and O–H groups in total. The number of rotatable bonds is 5. The van der Waals surface area contributed by atoms with Crippen LogP contribution in [0.4, 0.5) is 30.7 Å². The van der Waals surface area contributed by atoms with E-state index in [0.29, 0.717) is 6.07 Å². The Morgan fingerprint density at radius 1 is 0.967 bits per heavy atom. The highest BCUT2D eigenvalue weighted by molar-refractivity contribution is 9.11. The number of nitrogens with zero attached hydrogens (tertiary/aromatic N) is 1. The van der Waals surface area contributed by atoms with Crippen molar-refractivity contribution in [2.24, 2.45) is 0 Å². The molecule has 0 saturated heterocycles. The Balaban J connectivity index is 2.73. The van der Waals surface area contributed by atoms with Crippen LogP contribution in [0.1, 0.15) is 16.7 Å². The lowest BCUT2D eigenvalue weighted by molar-refractivity contribution is -0.332. The highest BCUT2D eigenvalue weighted by Crippen LogP contribution is 2.51. The fraction of sp³-hybridized carbons (Fsp3) is 0.235. The topological polar surface area (TPSA) is 57.9 Å². The fourth-order valence-corrected chi connectivity index (χ4v) is 5.58. The monoisotopic (exact) mass is 581 g/mol. The number of hydrogen-bond donors (Lipinski definition) is 0. The van der Waals surface area contributed by atoms with Crippen LogP contribution in [0.15, 0.2) is 50.2 Å². The molecule has 0 aliphatic rings. The Kier molecular flexibility index (Phi) is 6.67. The van der Waals surface area contributed by atoms with Crippen molar-refractivity contribution in [3.63, 3.8) is 0 Å². The maximum Gasteiger partial charge on any atom is 0.461 e. The molecule has 0 aromatic heterocycles. The van der Waals surface area contributed by atoms with E-state index in [4.69, 9.17) is 5.26 Å². The van der Waals surface area contributed by atoms with Crippen molar-refractivity contribution in [1.82, 2.24) is 0 Å². The van der Waals surface area contributed by atoms with E-state index in [2.05, 4.69) is 31.9 Å². The largest absolute Gasteiger partial charge is 0.461 e. The summed E-state index contributed by atoms with van der Waals surface area (Å²) in [6.45, 7) is 0. The van der Waals surface area contributed by atoms with Gasteiger partial charge in [-0.25, -0.2) is 8.42 Å². The minimum Gasteiger partial charge on any atom is -0.217 e. The van der Waals surface area contributed by atoms with Gasteiger partial charge in [0.1, 0.15) is 0 Å². The van der Waals surface area contributed by atoms with Crippen molar-refractivity contribution in [3.05, 3.63) is 62.0 Å². The average Bonchev–Trinajstić information content (AvgIpc) is 2.62. The van der Waals surface area contributed by atoms with Crippen LogP contribution in [0.25, 0.3) is 0 Å². The number of sulfone groups is 1. The molecule has 13 heteroatoms. The molecule has 0 bridgehead atoms. The third kappa shape index (κ3) is 4.22. The fourth-order valence-electron chi connectivity index (χ4n) is 2.42. The molecule has 162 valence electrons. The molecule has 0 radical (unpaired) electrons. The van der Waals surface area contributed by atoms with Gasteiger partial charge in [0.25, 0.3) is 9.84 Å². The first-order chi connectivity index (χ1) is 13.6. The van der Waals surface area contributed by atoms with E-state index in [1.165, 1.54) is 30.3 Å². The lowest BCUT2D eigenvalue weighted by Crippen LogP contribution is -2.56. The van der Waals surface area contributed by atoms with Gasteiger partial charge >= 0.3 is 17.4 Å². The van der Waals surface area contributed by atoms with Crippen LogP contribution in [-0.4, -0.2) is 25.8 Å². The lowest BCUT2D eigenvalue weighted by Gasteiger charge is -2.28. The van der Waals surface area contributed by atoms with Crippen LogP contribution in [-0.2, 0) is 16.3 Å². The second-order valence-electron chi connectivity index (χ2n) is 5.95. The zero-order valence-corrected chi connectivity index (χ0v) is 18.2. The summed E-state index contributed by atoms with van der Waals surface area (Å²) in [5, 5.41) is 2.44. The minimum absolute atomic E-state index is 0.135. The number of halogens is 9. The Morgan fingerprint density at radius 2 is 1.57 bits per heavy atom. The molecule has 0 spiro atoms. The van der Waals surface area contributed by atoms with E-state index in [1.54, 1.807) is 6.07 Å². The summed E-state index contributed by atoms with van der Waals surface area (Å²) in [6.07, 6.45) is -7.26. The zero-order valence-electron chi connectivity index (χ0n) is 14.2. The molecule has 0 heterocycles. The van der Waals surface area contributed by atoms with E-state index >= 15 is 0 Å². The Hall–Kier alpha value is -1.65. The van der Waals surface area contributed by atoms with E-state index in [1.807, 2.05) is 0 Å². The van der Waals surface area contributed by atoms with E-state index < -0.39 is 44.1 Å². The van der Waals surface area contributed by atoms with Crippen molar-refractivity contribution in [3.8, 4) is 6.07 Å². The van der Waals surface area contributed by atoms with Crippen molar-refractivity contribution in [1.29, 1.82) is 5.26 Å². The van der Waals surface area contributed by atoms with Crippen LogP contribution >= 0.6 is 31.9 Å². The first-order valence-corrected chi connectivity index (χ1v) is 10.7. The molecule has 3 nitrogen and oxygen atoms in total. The van der Waals surface area contributed by atoms with Gasteiger partial charge in [-0.1, -0.05) is 44.0 Å². The molecule has 0 fully saturated rings. The predicted molar refractivity (Wildman–Crippen MR) is 98.9 cm³/mol. The Labute approximate surface area is 182 Å². The van der Waals surface area contributed by atoms with Crippen LogP contribution in [0.5, 0.6) is 0 Å². The zero-order chi connectivity index (χ0) is 23.1.